The molecule has 2 atom stereocenters. The van der Waals surface area contributed by atoms with Crippen molar-refractivity contribution in [3.05, 3.63) is 95.6 Å². The van der Waals surface area contributed by atoms with E-state index in [9.17, 15) is 0 Å². The summed E-state index contributed by atoms with van der Waals surface area (Å²) in [6.07, 6.45) is 0.315. The van der Waals surface area contributed by atoms with Crippen molar-refractivity contribution in [2.24, 2.45) is 10.7 Å². The smallest absolute Gasteiger partial charge is 0.222 e. The van der Waals surface area contributed by atoms with Gasteiger partial charge in [-0.3, -0.25) is 0 Å². The van der Waals surface area contributed by atoms with Gasteiger partial charge in [0.25, 0.3) is 0 Å². The van der Waals surface area contributed by atoms with Gasteiger partial charge < -0.3 is 15.2 Å². The van der Waals surface area contributed by atoms with E-state index in [1.807, 2.05) is 78.9 Å². The van der Waals surface area contributed by atoms with Crippen LogP contribution in [0.4, 0.5) is 0 Å². The topological polar surface area (TPSA) is 69.3 Å². The second kappa shape index (κ2) is 7.39. The normalized spacial score (nSPS) is 22.4. The van der Waals surface area contributed by atoms with Crippen LogP contribution in [0.25, 0.3) is 0 Å². The number of hydrogen-bond donors (Lipinski definition) is 1. The lowest BCUT2D eigenvalue weighted by atomic mass is 9.90. The lowest BCUT2D eigenvalue weighted by Gasteiger charge is -2.37. The van der Waals surface area contributed by atoms with E-state index in [2.05, 4.69) is 0 Å². The van der Waals surface area contributed by atoms with Crippen molar-refractivity contribution >= 4 is 5.96 Å². The fourth-order valence-electron chi connectivity index (χ4n) is 3.90. The largest absolute Gasteiger partial charge is 0.489 e. The van der Waals surface area contributed by atoms with Crippen LogP contribution in [0.15, 0.2) is 83.9 Å². The molecule has 2 aliphatic rings. The molecule has 0 aromatic heterocycles. The molecule has 0 bridgehead atoms. The Hall–Kier alpha value is -3.51. The summed E-state index contributed by atoms with van der Waals surface area (Å²) < 4.78 is 12.4. The van der Waals surface area contributed by atoms with E-state index in [1.54, 1.807) is 7.05 Å². The number of benzene rings is 3. The standard InChI is InChI=1S/C24H23N3O3/c1-27-23(25)26-24(30-27)15-22(18-10-6-3-7-11-18)29-21-13-12-19(14-20(21)24)28-16-17-8-4-2-5-9-17/h2-14,22H,15-16H2,1H3,(H2,25,26). The zero-order valence-electron chi connectivity index (χ0n) is 16.7. The highest BCUT2D eigenvalue weighted by molar-refractivity contribution is 5.78. The molecule has 30 heavy (non-hydrogen) atoms. The van der Waals surface area contributed by atoms with Gasteiger partial charge in [0.05, 0.1) is 5.56 Å². The lowest BCUT2D eigenvalue weighted by Crippen LogP contribution is -2.36. The van der Waals surface area contributed by atoms with Crippen LogP contribution >= 0.6 is 0 Å². The predicted molar refractivity (Wildman–Crippen MR) is 114 cm³/mol. The monoisotopic (exact) mass is 401 g/mol. The summed E-state index contributed by atoms with van der Waals surface area (Å²) >= 11 is 0. The van der Waals surface area contributed by atoms with Crippen LogP contribution in [0.2, 0.25) is 0 Å². The Morgan fingerprint density at radius 2 is 1.80 bits per heavy atom. The summed E-state index contributed by atoms with van der Waals surface area (Å²) in [5, 5.41) is 1.51. The Morgan fingerprint density at radius 3 is 2.50 bits per heavy atom. The molecule has 2 N–H and O–H groups in total. The third-order valence-electron chi connectivity index (χ3n) is 5.43. The quantitative estimate of drug-likeness (QED) is 0.712. The molecule has 0 aliphatic carbocycles. The second-order valence-corrected chi connectivity index (χ2v) is 7.50. The van der Waals surface area contributed by atoms with Gasteiger partial charge in [-0.2, -0.15) is 0 Å². The molecule has 0 radical (unpaired) electrons. The van der Waals surface area contributed by atoms with Gasteiger partial charge in [-0.25, -0.2) is 14.9 Å². The maximum Gasteiger partial charge on any atom is 0.222 e. The Labute approximate surface area is 175 Å². The van der Waals surface area contributed by atoms with E-state index in [0.717, 1.165) is 22.4 Å². The Bertz CT molecular complexity index is 1070. The minimum absolute atomic E-state index is 0.196. The van der Waals surface area contributed by atoms with E-state index < -0.39 is 5.72 Å². The van der Waals surface area contributed by atoms with Crippen LogP contribution in [0.5, 0.6) is 11.5 Å². The maximum absolute atomic E-state index is 6.33. The molecule has 0 fully saturated rings. The van der Waals surface area contributed by atoms with Gasteiger partial charge in [0.2, 0.25) is 11.7 Å². The van der Waals surface area contributed by atoms with Crippen LogP contribution in [0, 0.1) is 0 Å². The first-order valence-corrected chi connectivity index (χ1v) is 9.94. The van der Waals surface area contributed by atoms with E-state index in [1.165, 1.54) is 5.06 Å². The average Bonchev–Trinajstić information content (AvgIpc) is 3.07. The number of hydrogen-bond acceptors (Lipinski definition) is 6. The minimum atomic E-state index is -0.945. The zero-order valence-corrected chi connectivity index (χ0v) is 16.7. The van der Waals surface area contributed by atoms with Crippen LogP contribution < -0.4 is 15.2 Å². The Morgan fingerprint density at radius 1 is 1.07 bits per heavy atom. The van der Waals surface area contributed by atoms with E-state index in [-0.39, 0.29) is 6.10 Å². The molecular formula is C24H23N3O3. The van der Waals surface area contributed by atoms with Crippen molar-refractivity contribution in [1.82, 2.24) is 5.06 Å². The number of aliphatic imine (C=N–C) groups is 1. The summed E-state index contributed by atoms with van der Waals surface area (Å²) in [5.41, 5.74) is 8.11. The van der Waals surface area contributed by atoms with Gasteiger partial charge in [0.15, 0.2) is 0 Å². The van der Waals surface area contributed by atoms with Crippen molar-refractivity contribution < 1.29 is 14.3 Å². The number of rotatable bonds is 4. The maximum atomic E-state index is 6.33. The molecule has 1 spiro atoms. The predicted octanol–water partition coefficient (Wildman–Crippen LogP) is 4.13. The number of nitrogens with zero attached hydrogens (tertiary/aromatic N) is 2. The van der Waals surface area contributed by atoms with Crippen LogP contribution in [-0.2, 0) is 17.2 Å². The molecule has 2 heterocycles. The highest BCUT2D eigenvalue weighted by atomic mass is 16.7. The summed E-state index contributed by atoms with van der Waals surface area (Å²) in [6, 6.07) is 25.9. The molecule has 2 unspecified atom stereocenters. The first-order chi connectivity index (χ1) is 14.6. The fraction of sp³-hybridized carbons (Fsp3) is 0.208. The van der Waals surface area contributed by atoms with Gasteiger partial charge in [-0.15, -0.1) is 0 Å². The minimum Gasteiger partial charge on any atom is -0.489 e. The van der Waals surface area contributed by atoms with Gasteiger partial charge in [-0.05, 0) is 29.3 Å². The summed E-state index contributed by atoms with van der Waals surface area (Å²) in [6.45, 7) is 0.478. The van der Waals surface area contributed by atoms with E-state index in [4.69, 9.17) is 25.0 Å². The third kappa shape index (κ3) is 3.35. The van der Waals surface area contributed by atoms with E-state index in [0.29, 0.717) is 24.7 Å². The third-order valence-corrected chi connectivity index (χ3v) is 5.43. The average molecular weight is 401 g/mol. The van der Waals surface area contributed by atoms with Crippen LogP contribution in [-0.4, -0.2) is 18.1 Å². The molecule has 152 valence electrons. The molecule has 2 aliphatic heterocycles. The SMILES string of the molecule is CN1OC2(CC(c3ccccc3)Oc3ccc(OCc4ccccc4)cc32)N=C1N. The van der Waals surface area contributed by atoms with Crippen LogP contribution in [0.3, 0.4) is 0 Å². The summed E-state index contributed by atoms with van der Waals surface area (Å²) in [7, 11) is 1.76. The number of hydroxylamine groups is 2. The molecule has 3 aromatic rings. The molecule has 0 amide bonds. The van der Waals surface area contributed by atoms with E-state index >= 15 is 0 Å². The highest BCUT2D eigenvalue weighted by Crippen LogP contribution is 2.50. The molecule has 6 nitrogen and oxygen atoms in total. The first kappa shape index (κ1) is 18.5. The molecule has 0 saturated carbocycles. The number of fused-ring (bicyclic) bond motifs is 2. The number of nitrogens with two attached hydrogens (primary N) is 1. The van der Waals surface area contributed by atoms with Gasteiger partial charge >= 0.3 is 0 Å². The van der Waals surface area contributed by atoms with Gasteiger partial charge in [-0.1, -0.05) is 60.7 Å². The first-order valence-electron chi connectivity index (χ1n) is 9.94. The molecular weight excluding hydrogens is 378 g/mol. The summed E-state index contributed by atoms with van der Waals surface area (Å²) in [4.78, 5) is 10.9. The van der Waals surface area contributed by atoms with Crippen molar-refractivity contribution in [3.63, 3.8) is 0 Å². The molecule has 6 heteroatoms. The van der Waals surface area contributed by atoms with Crippen LogP contribution in [0.1, 0.15) is 29.2 Å². The van der Waals surface area contributed by atoms with Crippen molar-refractivity contribution in [1.29, 1.82) is 0 Å². The highest BCUT2D eigenvalue weighted by Gasteiger charge is 2.49. The molecule has 3 aromatic carbocycles. The molecule has 0 saturated heterocycles. The Kier molecular flexibility index (Phi) is 4.56. The molecule has 5 rings (SSSR count). The number of guanidine groups is 1. The van der Waals surface area contributed by atoms with Gasteiger partial charge in [0.1, 0.15) is 24.2 Å². The van der Waals surface area contributed by atoms with Crippen molar-refractivity contribution in [2.45, 2.75) is 24.9 Å². The van der Waals surface area contributed by atoms with Crippen molar-refractivity contribution in [2.75, 3.05) is 7.05 Å². The fourth-order valence-corrected chi connectivity index (χ4v) is 3.90. The van der Waals surface area contributed by atoms with Gasteiger partial charge in [0, 0.05) is 13.5 Å². The lowest BCUT2D eigenvalue weighted by molar-refractivity contribution is -0.191. The van der Waals surface area contributed by atoms with Crippen molar-refractivity contribution in [3.8, 4) is 11.5 Å². The Balaban J connectivity index is 1.49. The summed E-state index contributed by atoms with van der Waals surface area (Å²) in [5.74, 6) is 1.78. The number of ether oxygens (including phenoxy) is 2. The zero-order chi connectivity index (χ0) is 20.6. The second-order valence-electron chi connectivity index (χ2n) is 7.50.